The molecule has 15 nitrogen and oxygen atoms in total. The van der Waals surface area contributed by atoms with Crippen molar-refractivity contribution in [2.75, 3.05) is 0 Å². The summed E-state index contributed by atoms with van der Waals surface area (Å²) in [5.41, 5.74) is -6.58. The summed E-state index contributed by atoms with van der Waals surface area (Å²) in [6, 6.07) is 1.46. The second kappa shape index (κ2) is 10.1. The van der Waals surface area contributed by atoms with E-state index in [1.165, 1.54) is 13.8 Å². The molecular formula is C32H24O15. The number of benzene rings is 2. The van der Waals surface area contributed by atoms with E-state index in [9.17, 15) is 59.4 Å². The van der Waals surface area contributed by atoms with E-state index in [0.717, 1.165) is 6.07 Å². The number of phenols is 4. The fourth-order valence-corrected chi connectivity index (χ4v) is 7.21. The second-order valence-electron chi connectivity index (χ2n) is 11.8. The van der Waals surface area contributed by atoms with Crippen LogP contribution in [-0.4, -0.2) is 54.8 Å². The molecule has 6 N–H and O–H groups in total. The molecule has 2 aliphatic carbocycles. The van der Waals surface area contributed by atoms with Crippen molar-refractivity contribution < 1.29 is 54.4 Å². The Kier molecular flexibility index (Phi) is 6.48. The zero-order chi connectivity index (χ0) is 34.0. The first-order valence-corrected chi connectivity index (χ1v) is 14.4. The molecule has 5 aliphatic rings. The third kappa shape index (κ3) is 4.03. The number of fused-ring (bicyclic) bond motifs is 5. The maximum absolute atomic E-state index is 13.9. The number of ether oxygens (including phenoxy) is 3. The van der Waals surface area contributed by atoms with Crippen molar-refractivity contribution in [2.24, 2.45) is 0 Å². The lowest BCUT2D eigenvalue weighted by Gasteiger charge is -2.35. The predicted octanol–water partition coefficient (Wildman–Crippen LogP) is 0.786. The summed E-state index contributed by atoms with van der Waals surface area (Å²) in [4.78, 5) is 78.1. The monoisotopic (exact) mass is 648 g/mol. The SMILES string of the molecule is C[C@H]1O[C@H](CC(=O)O)C(O)c2c1c(O)c1c(O)c(-c3cc(=O)c4c(=O)c5c(c(=O)c=4c3=O)[C@@H](C)O[C@@H]3CC(=O)O[C@H]53)cc(O)c1c2O. The number of rotatable bonds is 3. The Hall–Kier alpha value is -5.38. The van der Waals surface area contributed by atoms with Gasteiger partial charge in [-0.05, 0) is 26.0 Å². The van der Waals surface area contributed by atoms with Gasteiger partial charge in [0.2, 0.25) is 0 Å². The molecule has 242 valence electrons. The molecule has 0 bridgehead atoms. The average molecular weight is 649 g/mol. The van der Waals surface area contributed by atoms with Crippen molar-refractivity contribution in [3.05, 3.63) is 85.7 Å². The zero-order valence-corrected chi connectivity index (χ0v) is 24.4. The molecule has 3 heterocycles. The van der Waals surface area contributed by atoms with Crippen LogP contribution in [0.3, 0.4) is 0 Å². The molecule has 0 amide bonds. The van der Waals surface area contributed by atoms with Crippen LogP contribution < -0.4 is 21.7 Å². The van der Waals surface area contributed by atoms with E-state index >= 15 is 0 Å². The third-order valence-corrected chi connectivity index (χ3v) is 9.16. The Morgan fingerprint density at radius 3 is 2.09 bits per heavy atom. The largest absolute Gasteiger partial charge is 0.507 e. The second-order valence-corrected chi connectivity index (χ2v) is 11.8. The summed E-state index contributed by atoms with van der Waals surface area (Å²) in [6.45, 7) is 2.82. The van der Waals surface area contributed by atoms with Gasteiger partial charge in [0.1, 0.15) is 35.2 Å². The van der Waals surface area contributed by atoms with Crippen LogP contribution in [-0.2, 0) is 23.8 Å². The van der Waals surface area contributed by atoms with Crippen molar-refractivity contribution in [3.63, 3.8) is 0 Å². The standard InChI is InChI=1S/C32H24O15/c1-7-17-21(27(40)13(45-7)5-15(35)36)30(43)19-11(33)3-9(25(38)22(19)28(17)41)10-4-12(34)20-23(26(10)39)29(42)18-8(2)46-14-6-16(37)47-32(14)24(18)31(20)44/h3-4,7-8,13-14,27,32-33,38,40-41,43H,5-6H2,1-2H3,(H,35,36)/t7-,8-,13-,14-,27?,32+/m1/s1. The van der Waals surface area contributed by atoms with Gasteiger partial charge in [-0.25, -0.2) is 0 Å². The van der Waals surface area contributed by atoms with E-state index in [0.29, 0.717) is 6.07 Å². The summed E-state index contributed by atoms with van der Waals surface area (Å²) in [5, 5.41) is 62.2. The molecule has 3 aliphatic heterocycles. The molecule has 0 spiro atoms. The van der Waals surface area contributed by atoms with E-state index in [2.05, 4.69) is 0 Å². The molecule has 1 fully saturated rings. The van der Waals surface area contributed by atoms with Gasteiger partial charge in [0.25, 0.3) is 0 Å². The van der Waals surface area contributed by atoms with Crippen molar-refractivity contribution in [2.45, 2.75) is 63.3 Å². The maximum Gasteiger partial charge on any atom is 0.309 e. The van der Waals surface area contributed by atoms with Crippen LogP contribution in [0.1, 0.15) is 73.4 Å². The van der Waals surface area contributed by atoms with Gasteiger partial charge in [0, 0.05) is 27.8 Å². The molecule has 15 heteroatoms. The van der Waals surface area contributed by atoms with Crippen LogP contribution in [0.5, 0.6) is 23.0 Å². The first-order chi connectivity index (χ1) is 22.1. The van der Waals surface area contributed by atoms with E-state index in [4.69, 9.17) is 14.2 Å². The number of aliphatic hydroxyl groups is 1. The fraction of sp³-hybridized carbons (Fsp3) is 0.312. The highest BCUT2D eigenvalue weighted by atomic mass is 16.6. The van der Waals surface area contributed by atoms with Gasteiger partial charge in [-0.2, -0.15) is 0 Å². The first kappa shape index (κ1) is 30.3. The molecule has 7 rings (SSSR count). The topological polar surface area (TPSA) is 251 Å². The molecule has 1 saturated heterocycles. The number of aromatic hydroxyl groups is 4. The van der Waals surface area contributed by atoms with Gasteiger partial charge in [-0.3, -0.25) is 28.8 Å². The van der Waals surface area contributed by atoms with E-state index in [1.54, 1.807) is 0 Å². The molecule has 6 atom stereocenters. The highest BCUT2D eigenvalue weighted by Crippen LogP contribution is 2.56. The van der Waals surface area contributed by atoms with Crippen LogP contribution in [0.4, 0.5) is 0 Å². The molecule has 2 aromatic carbocycles. The Labute approximate surface area is 260 Å². The van der Waals surface area contributed by atoms with Gasteiger partial charge in [0.15, 0.2) is 27.8 Å². The molecule has 2 aromatic rings. The van der Waals surface area contributed by atoms with Crippen molar-refractivity contribution in [1.29, 1.82) is 0 Å². The van der Waals surface area contributed by atoms with Crippen molar-refractivity contribution in [3.8, 4) is 34.1 Å². The minimum absolute atomic E-state index is 0.181. The van der Waals surface area contributed by atoms with Gasteiger partial charge >= 0.3 is 11.9 Å². The molecular weight excluding hydrogens is 624 g/mol. The summed E-state index contributed by atoms with van der Waals surface area (Å²) in [5.74, 6) is -5.38. The minimum Gasteiger partial charge on any atom is -0.507 e. The number of phenolic OH excluding ortho intramolecular Hbond substituents is 4. The van der Waals surface area contributed by atoms with Crippen LogP contribution >= 0.6 is 0 Å². The number of carboxylic acid groups (broad SMARTS) is 1. The van der Waals surface area contributed by atoms with Crippen molar-refractivity contribution in [1.82, 2.24) is 0 Å². The summed E-state index contributed by atoms with van der Waals surface area (Å²) in [6.07, 6.45) is -8.29. The Morgan fingerprint density at radius 2 is 1.40 bits per heavy atom. The molecule has 47 heavy (non-hydrogen) atoms. The predicted molar refractivity (Wildman–Crippen MR) is 156 cm³/mol. The van der Waals surface area contributed by atoms with Gasteiger partial charge < -0.3 is 44.8 Å². The highest BCUT2D eigenvalue weighted by Gasteiger charge is 2.46. The van der Waals surface area contributed by atoms with Gasteiger partial charge in [0.05, 0.1) is 57.9 Å². The number of hydrogen-bond acceptors (Lipinski definition) is 14. The summed E-state index contributed by atoms with van der Waals surface area (Å²) >= 11 is 0. The van der Waals surface area contributed by atoms with Crippen molar-refractivity contribution >= 4 is 22.7 Å². The Bertz CT molecular complexity index is 2390. The number of carboxylic acids is 1. The number of carbonyl (C=O) groups excluding carboxylic acids is 1. The summed E-state index contributed by atoms with van der Waals surface area (Å²) < 4.78 is 16.5. The number of hydrogen-bond donors (Lipinski definition) is 6. The maximum atomic E-state index is 13.9. The van der Waals surface area contributed by atoms with Crippen LogP contribution in [0.15, 0.2) is 31.3 Å². The van der Waals surface area contributed by atoms with Crippen LogP contribution in [0.25, 0.3) is 21.9 Å². The molecule has 0 saturated carbocycles. The zero-order valence-electron chi connectivity index (χ0n) is 24.4. The summed E-state index contributed by atoms with van der Waals surface area (Å²) in [7, 11) is 0. The van der Waals surface area contributed by atoms with E-state index in [-0.39, 0.29) is 28.7 Å². The lowest BCUT2D eigenvalue weighted by molar-refractivity contribution is -0.148. The number of carbonyl (C=O) groups is 2. The van der Waals surface area contributed by atoms with Crippen LogP contribution in [0, 0.1) is 10.4 Å². The average Bonchev–Trinajstić information content (AvgIpc) is 3.36. The number of esters is 1. The van der Waals surface area contributed by atoms with Gasteiger partial charge in [-0.1, -0.05) is 0 Å². The first-order valence-electron chi connectivity index (χ1n) is 14.4. The van der Waals surface area contributed by atoms with E-state index < -0.39 is 132 Å². The minimum atomic E-state index is -1.78. The van der Waals surface area contributed by atoms with Gasteiger partial charge in [-0.15, -0.1) is 0 Å². The molecule has 0 radical (unpaired) electrons. The third-order valence-electron chi connectivity index (χ3n) is 9.16. The normalized spacial score (nSPS) is 25.0. The number of aliphatic hydroxyl groups excluding tert-OH is 1. The number of aliphatic carboxylic acids is 1. The molecule has 0 aromatic heterocycles. The quantitative estimate of drug-likeness (QED) is 0.133. The Morgan fingerprint density at radius 1 is 0.766 bits per heavy atom. The van der Waals surface area contributed by atoms with E-state index in [1.807, 2.05) is 0 Å². The van der Waals surface area contributed by atoms with Crippen LogP contribution in [0.2, 0.25) is 0 Å². The fourth-order valence-electron chi connectivity index (χ4n) is 7.21. The molecule has 1 unspecified atom stereocenters. The lowest BCUT2D eigenvalue weighted by atomic mass is 9.85. The smallest absolute Gasteiger partial charge is 0.309 e. The Balaban J connectivity index is 1.51. The lowest BCUT2D eigenvalue weighted by Crippen LogP contribution is -2.40. The highest BCUT2D eigenvalue weighted by molar-refractivity contribution is 6.07.